The molecule has 146 valence electrons. The van der Waals surface area contributed by atoms with Gasteiger partial charge in [-0.3, -0.25) is 4.79 Å². The van der Waals surface area contributed by atoms with Crippen molar-refractivity contribution in [3.05, 3.63) is 54.0 Å². The highest BCUT2D eigenvalue weighted by Gasteiger charge is 2.31. The first-order valence-electron chi connectivity index (χ1n) is 8.84. The quantitative estimate of drug-likeness (QED) is 0.737. The molecule has 0 unspecified atom stereocenters. The van der Waals surface area contributed by atoms with Crippen molar-refractivity contribution in [3.63, 3.8) is 0 Å². The van der Waals surface area contributed by atoms with Crippen molar-refractivity contribution in [1.82, 2.24) is 19.9 Å². The number of benzene rings is 1. The maximum absolute atomic E-state index is 12.6. The number of alkyl halides is 3. The molecule has 1 aromatic carbocycles. The number of rotatable bonds is 3. The second-order valence-electron chi connectivity index (χ2n) is 6.64. The molecule has 1 aliphatic rings. The summed E-state index contributed by atoms with van der Waals surface area (Å²) >= 11 is 0. The monoisotopic (exact) mass is 390 g/mol. The van der Waals surface area contributed by atoms with E-state index in [9.17, 15) is 18.0 Å². The third-order valence-electron chi connectivity index (χ3n) is 4.92. The lowest BCUT2D eigenvalue weighted by Gasteiger charge is -2.32. The molecule has 1 aliphatic heterocycles. The van der Waals surface area contributed by atoms with Crippen molar-refractivity contribution >= 4 is 17.1 Å². The summed E-state index contributed by atoms with van der Waals surface area (Å²) in [4.78, 5) is 25.9. The predicted octanol–water partition coefficient (Wildman–Crippen LogP) is 3.88. The molecule has 2 aromatic heterocycles. The number of hydrogen-bond donors (Lipinski definition) is 1. The first-order chi connectivity index (χ1) is 13.4. The van der Waals surface area contributed by atoms with Gasteiger partial charge >= 0.3 is 6.36 Å². The number of carbonyl (C=O) groups excluding carboxylic acids is 1. The van der Waals surface area contributed by atoms with Crippen molar-refractivity contribution in [2.45, 2.75) is 25.1 Å². The van der Waals surface area contributed by atoms with Gasteiger partial charge < -0.3 is 14.6 Å². The van der Waals surface area contributed by atoms with Gasteiger partial charge in [0, 0.05) is 24.8 Å². The van der Waals surface area contributed by atoms with E-state index in [0.29, 0.717) is 24.3 Å². The maximum atomic E-state index is 12.6. The van der Waals surface area contributed by atoms with Gasteiger partial charge in [0.15, 0.2) is 5.65 Å². The van der Waals surface area contributed by atoms with E-state index in [2.05, 4.69) is 19.7 Å². The number of amides is 1. The van der Waals surface area contributed by atoms with Gasteiger partial charge in [0.2, 0.25) is 0 Å². The smallest absolute Gasteiger partial charge is 0.406 e. The normalized spacial score (nSPS) is 15.8. The summed E-state index contributed by atoms with van der Waals surface area (Å²) in [6.07, 6.45) is 0.186. The minimum Gasteiger partial charge on any atom is -0.406 e. The molecule has 9 heteroatoms. The Morgan fingerprint density at radius 3 is 2.50 bits per heavy atom. The zero-order valence-electron chi connectivity index (χ0n) is 14.7. The van der Waals surface area contributed by atoms with Gasteiger partial charge in [0.25, 0.3) is 5.91 Å². The van der Waals surface area contributed by atoms with Gasteiger partial charge in [-0.05, 0) is 54.7 Å². The highest BCUT2D eigenvalue weighted by molar-refractivity contribution is 5.94. The number of aromatic nitrogens is 3. The number of nitrogens with one attached hydrogen (secondary N) is 1. The largest absolute Gasteiger partial charge is 0.573 e. The number of likely N-dealkylation sites (tertiary alicyclic amines) is 1. The second-order valence-corrected chi connectivity index (χ2v) is 6.64. The third kappa shape index (κ3) is 3.78. The lowest BCUT2D eigenvalue weighted by atomic mass is 9.89. The van der Waals surface area contributed by atoms with Gasteiger partial charge in [-0.15, -0.1) is 13.2 Å². The Morgan fingerprint density at radius 2 is 1.82 bits per heavy atom. The maximum Gasteiger partial charge on any atom is 0.573 e. The molecule has 0 spiro atoms. The molecule has 3 aromatic rings. The highest BCUT2D eigenvalue weighted by atomic mass is 19.4. The zero-order chi connectivity index (χ0) is 19.7. The molecular formula is C19H17F3N4O2. The SMILES string of the molecule is O=C(c1ccc(OC(F)(F)F)cc1)N1CCC(c2ccnc3nc[nH]c23)CC1. The lowest BCUT2D eigenvalue weighted by Crippen LogP contribution is -2.38. The first kappa shape index (κ1) is 18.3. The van der Waals surface area contributed by atoms with E-state index in [0.717, 1.165) is 36.1 Å². The number of imidazole rings is 1. The number of ether oxygens (including phenoxy) is 1. The number of aromatic amines is 1. The van der Waals surface area contributed by atoms with Crippen molar-refractivity contribution in [3.8, 4) is 5.75 Å². The fraction of sp³-hybridized carbons (Fsp3) is 0.316. The van der Waals surface area contributed by atoms with Gasteiger partial charge in [0.1, 0.15) is 5.75 Å². The van der Waals surface area contributed by atoms with Crippen LogP contribution in [0.3, 0.4) is 0 Å². The molecule has 1 fully saturated rings. The summed E-state index contributed by atoms with van der Waals surface area (Å²) in [5.74, 6) is -0.250. The molecule has 28 heavy (non-hydrogen) atoms. The number of carbonyl (C=O) groups is 1. The Kier molecular flexibility index (Phi) is 4.66. The van der Waals surface area contributed by atoms with Crippen LogP contribution < -0.4 is 4.74 Å². The minimum atomic E-state index is -4.75. The summed E-state index contributed by atoms with van der Waals surface area (Å²) in [5.41, 5.74) is 3.08. The summed E-state index contributed by atoms with van der Waals surface area (Å²) in [7, 11) is 0. The third-order valence-corrected chi connectivity index (χ3v) is 4.92. The standard InChI is InChI=1S/C19H17F3N4O2/c20-19(21,22)28-14-3-1-13(2-4-14)18(27)26-9-6-12(7-10-26)15-5-8-23-17-16(15)24-11-25-17/h1-5,8,11-12H,6-7,9-10H2,(H,23,24,25). The van der Waals surface area contributed by atoms with E-state index in [1.54, 1.807) is 17.4 Å². The van der Waals surface area contributed by atoms with E-state index in [4.69, 9.17) is 0 Å². The molecule has 0 atom stereocenters. The average molecular weight is 390 g/mol. The van der Waals surface area contributed by atoms with Crippen LogP contribution in [0.15, 0.2) is 42.9 Å². The Hall–Kier alpha value is -3.10. The van der Waals surface area contributed by atoms with Crippen molar-refractivity contribution in [1.29, 1.82) is 0 Å². The Bertz CT molecular complexity index is 977. The number of pyridine rings is 1. The minimum absolute atomic E-state index is 0.196. The fourth-order valence-electron chi connectivity index (χ4n) is 3.58. The number of piperidine rings is 1. The molecule has 3 heterocycles. The summed E-state index contributed by atoms with van der Waals surface area (Å²) in [6.45, 7) is 1.14. The number of hydrogen-bond acceptors (Lipinski definition) is 4. The van der Waals surface area contributed by atoms with Crippen LogP contribution in [0.2, 0.25) is 0 Å². The molecule has 0 radical (unpaired) electrons. The zero-order valence-corrected chi connectivity index (χ0v) is 14.7. The van der Waals surface area contributed by atoms with Crippen molar-refractivity contribution in [2.24, 2.45) is 0 Å². The molecular weight excluding hydrogens is 373 g/mol. The van der Waals surface area contributed by atoms with E-state index in [-0.39, 0.29) is 17.6 Å². The van der Waals surface area contributed by atoms with Gasteiger partial charge in [-0.25, -0.2) is 9.97 Å². The van der Waals surface area contributed by atoms with Crippen LogP contribution in [-0.4, -0.2) is 45.2 Å². The molecule has 0 saturated carbocycles. The Balaban J connectivity index is 1.41. The van der Waals surface area contributed by atoms with E-state index >= 15 is 0 Å². The van der Waals surface area contributed by atoms with Crippen LogP contribution in [0.25, 0.3) is 11.2 Å². The van der Waals surface area contributed by atoms with Crippen molar-refractivity contribution in [2.75, 3.05) is 13.1 Å². The molecule has 0 aliphatic carbocycles. The second kappa shape index (κ2) is 7.14. The van der Waals surface area contributed by atoms with Crippen LogP contribution in [0.5, 0.6) is 5.75 Å². The van der Waals surface area contributed by atoms with Crippen LogP contribution >= 0.6 is 0 Å². The average Bonchev–Trinajstić information content (AvgIpc) is 3.16. The molecule has 1 amide bonds. The summed E-state index contributed by atoms with van der Waals surface area (Å²) in [5, 5.41) is 0. The highest BCUT2D eigenvalue weighted by Crippen LogP contribution is 2.32. The molecule has 4 rings (SSSR count). The van der Waals surface area contributed by atoms with E-state index in [1.807, 2.05) is 6.07 Å². The fourth-order valence-corrected chi connectivity index (χ4v) is 3.58. The molecule has 0 bridgehead atoms. The Labute approximate surface area is 158 Å². The summed E-state index contributed by atoms with van der Waals surface area (Å²) in [6, 6.07) is 6.99. The van der Waals surface area contributed by atoms with Crippen LogP contribution in [0, 0.1) is 0 Å². The number of H-pyrrole nitrogens is 1. The number of halogens is 3. The molecule has 1 saturated heterocycles. The predicted molar refractivity (Wildman–Crippen MR) is 94.9 cm³/mol. The van der Waals surface area contributed by atoms with Crippen molar-refractivity contribution < 1.29 is 22.7 Å². The number of fused-ring (bicyclic) bond motifs is 1. The van der Waals surface area contributed by atoms with Gasteiger partial charge in [0.05, 0.1) is 11.8 Å². The Morgan fingerprint density at radius 1 is 1.11 bits per heavy atom. The van der Waals surface area contributed by atoms with E-state index < -0.39 is 6.36 Å². The molecule has 6 nitrogen and oxygen atoms in total. The summed E-state index contributed by atoms with van der Waals surface area (Å²) < 4.78 is 40.5. The van der Waals surface area contributed by atoms with Gasteiger partial charge in [-0.2, -0.15) is 0 Å². The topological polar surface area (TPSA) is 71.1 Å². The van der Waals surface area contributed by atoms with Crippen LogP contribution in [-0.2, 0) is 0 Å². The molecule has 1 N–H and O–H groups in total. The van der Waals surface area contributed by atoms with Crippen LogP contribution in [0.1, 0.15) is 34.7 Å². The van der Waals surface area contributed by atoms with E-state index in [1.165, 1.54) is 12.1 Å². The van der Waals surface area contributed by atoms with Crippen LogP contribution in [0.4, 0.5) is 13.2 Å². The van der Waals surface area contributed by atoms with Gasteiger partial charge in [-0.1, -0.05) is 0 Å². The first-order valence-corrected chi connectivity index (χ1v) is 8.84. The number of nitrogens with zero attached hydrogens (tertiary/aromatic N) is 3. The lowest BCUT2D eigenvalue weighted by molar-refractivity contribution is -0.274.